The van der Waals surface area contributed by atoms with Gasteiger partial charge in [0.15, 0.2) is 0 Å². The van der Waals surface area contributed by atoms with Crippen LogP contribution in [0.3, 0.4) is 0 Å². The van der Waals surface area contributed by atoms with Crippen molar-refractivity contribution in [2.75, 3.05) is 11.5 Å². The Morgan fingerprint density at radius 1 is 0.833 bits per heavy atom. The van der Waals surface area contributed by atoms with E-state index < -0.39 is 9.84 Å². The van der Waals surface area contributed by atoms with E-state index in [4.69, 9.17) is 0 Å². The van der Waals surface area contributed by atoms with E-state index in [0.717, 1.165) is 12.8 Å². The number of hydrogen-bond acceptors (Lipinski definition) is 3. The Kier molecular flexibility index (Phi) is 10.3. The van der Waals surface area contributed by atoms with E-state index in [9.17, 15) is 13.2 Å². The molecule has 0 aromatic rings. The van der Waals surface area contributed by atoms with Crippen molar-refractivity contribution in [3.63, 3.8) is 0 Å². The number of carbonyl (C=O) groups is 1. The lowest BCUT2D eigenvalue weighted by atomic mass is 10.1. The van der Waals surface area contributed by atoms with Crippen LogP contribution in [0.15, 0.2) is 0 Å². The van der Waals surface area contributed by atoms with Gasteiger partial charge in [-0.2, -0.15) is 0 Å². The van der Waals surface area contributed by atoms with Gasteiger partial charge in [-0.25, -0.2) is 8.42 Å². The zero-order valence-electron chi connectivity index (χ0n) is 11.9. The molecular formula is C14H28O3S. The number of hydrogen-bond donors (Lipinski definition) is 0. The Balaban J connectivity index is 3.44. The predicted octanol–water partition coefficient (Wildman–Crippen LogP) is 3.52. The standard InChI is InChI=1S/C14H28O3S/c1-3-5-6-7-8-9-11-14(15)12-10-13-18(16,17)4-2/h3-13H2,1-2H3. The average molecular weight is 276 g/mol. The highest BCUT2D eigenvalue weighted by Crippen LogP contribution is 2.09. The molecular weight excluding hydrogens is 248 g/mol. The highest BCUT2D eigenvalue weighted by atomic mass is 32.2. The maximum absolute atomic E-state index is 11.5. The maximum atomic E-state index is 11.5. The molecule has 3 nitrogen and oxygen atoms in total. The molecule has 0 N–H and O–H groups in total. The molecule has 0 atom stereocenters. The van der Waals surface area contributed by atoms with Crippen LogP contribution >= 0.6 is 0 Å². The Hall–Kier alpha value is -0.380. The topological polar surface area (TPSA) is 51.2 Å². The van der Waals surface area contributed by atoms with Crippen molar-refractivity contribution in [2.24, 2.45) is 0 Å². The number of unbranched alkanes of at least 4 members (excludes halogenated alkanes) is 5. The highest BCUT2D eigenvalue weighted by Gasteiger charge is 2.08. The van der Waals surface area contributed by atoms with Gasteiger partial charge in [0.05, 0.1) is 5.75 Å². The number of ketones is 1. The summed E-state index contributed by atoms with van der Waals surface area (Å²) < 4.78 is 22.5. The van der Waals surface area contributed by atoms with Gasteiger partial charge in [0.1, 0.15) is 15.6 Å². The second kappa shape index (κ2) is 10.5. The first-order chi connectivity index (χ1) is 8.52. The molecule has 0 aromatic carbocycles. The number of Topliss-reactive ketones (excluding diaryl/α,β-unsaturated/α-hetero) is 1. The molecule has 0 heterocycles. The Morgan fingerprint density at radius 2 is 1.39 bits per heavy atom. The minimum Gasteiger partial charge on any atom is -0.300 e. The van der Waals surface area contributed by atoms with E-state index in [0.29, 0.717) is 19.3 Å². The van der Waals surface area contributed by atoms with Gasteiger partial charge in [-0.15, -0.1) is 0 Å². The molecule has 0 aliphatic carbocycles. The van der Waals surface area contributed by atoms with Crippen LogP contribution in [0.2, 0.25) is 0 Å². The molecule has 0 saturated heterocycles. The van der Waals surface area contributed by atoms with Gasteiger partial charge in [0, 0.05) is 18.6 Å². The van der Waals surface area contributed by atoms with Crippen LogP contribution in [-0.2, 0) is 14.6 Å². The van der Waals surface area contributed by atoms with Crippen LogP contribution in [0.25, 0.3) is 0 Å². The fraction of sp³-hybridized carbons (Fsp3) is 0.929. The van der Waals surface area contributed by atoms with E-state index in [2.05, 4.69) is 6.92 Å². The first-order valence-electron chi connectivity index (χ1n) is 7.24. The maximum Gasteiger partial charge on any atom is 0.150 e. The van der Waals surface area contributed by atoms with Gasteiger partial charge >= 0.3 is 0 Å². The van der Waals surface area contributed by atoms with E-state index in [-0.39, 0.29) is 17.3 Å². The lowest BCUT2D eigenvalue weighted by Gasteiger charge is -2.02. The van der Waals surface area contributed by atoms with Crippen LogP contribution in [0, 0.1) is 0 Å². The zero-order valence-corrected chi connectivity index (χ0v) is 12.7. The number of sulfone groups is 1. The lowest BCUT2D eigenvalue weighted by Crippen LogP contribution is -2.10. The predicted molar refractivity (Wildman–Crippen MR) is 76.6 cm³/mol. The fourth-order valence-corrected chi connectivity index (χ4v) is 2.73. The molecule has 108 valence electrons. The van der Waals surface area contributed by atoms with Gasteiger partial charge in [0.25, 0.3) is 0 Å². The van der Waals surface area contributed by atoms with Gasteiger partial charge in [-0.05, 0) is 12.8 Å². The first-order valence-corrected chi connectivity index (χ1v) is 9.06. The first kappa shape index (κ1) is 17.6. The van der Waals surface area contributed by atoms with Crippen LogP contribution in [0.4, 0.5) is 0 Å². The summed E-state index contributed by atoms with van der Waals surface area (Å²) in [5, 5.41) is 0. The largest absolute Gasteiger partial charge is 0.300 e. The molecule has 0 amide bonds. The molecule has 0 fully saturated rings. The minimum absolute atomic E-state index is 0.158. The van der Waals surface area contributed by atoms with Crippen molar-refractivity contribution < 1.29 is 13.2 Å². The molecule has 0 unspecified atom stereocenters. The Bertz CT molecular complexity index is 307. The van der Waals surface area contributed by atoms with E-state index in [1.807, 2.05) is 0 Å². The van der Waals surface area contributed by atoms with Crippen molar-refractivity contribution in [2.45, 2.75) is 71.6 Å². The molecule has 0 aromatic heterocycles. The molecule has 0 bridgehead atoms. The molecule has 0 aliphatic heterocycles. The van der Waals surface area contributed by atoms with Crippen LogP contribution in [0.5, 0.6) is 0 Å². The second-order valence-corrected chi connectivity index (χ2v) is 7.37. The summed E-state index contributed by atoms with van der Waals surface area (Å²) in [7, 11) is -2.90. The number of rotatable bonds is 12. The van der Waals surface area contributed by atoms with Crippen molar-refractivity contribution in [3.8, 4) is 0 Å². The van der Waals surface area contributed by atoms with Gasteiger partial charge in [-0.3, -0.25) is 4.79 Å². The summed E-state index contributed by atoms with van der Waals surface area (Å²) in [6.45, 7) is 3.83. The van der Waals surface area contributed by atoms with Crippen molar-refractivity contribution in [1.29, 1.82) is 0 Å². The summed E-state index contributed by atoms with van der Waals surface area (Å²) >= 11 is 0. The number of carbonyl (C=O) groups excluding carboxylic acids is 1. The summed E-state index contributed by atoms with van der Waals surface area (Å²) in [4.78, 5) is 11.5. The average Bonchev–Trinajstić information content (AvgIpc) is 2.33. The Morgan fingerprint density at radius 3 is 2.00 bits per heavy atom. The van der Waals surface area contributed by atoms with Crippen molar-refractivity contribution in [1.82, 2.24) is 0 Å². The van der Waals surface area contributed by atoms with Crippen LogP contribution in [0.1, 0.15) is 71.6 Å². The van der Waals surface area contributed by atoms with Crippen LogP contribution in [-0.4, -0.2) is 25.7 Å². The molecule has 0 aliphatic rings. The van der Waals surface area contributed by atoms with Crippen LogP contribution < -0.4 is 0 Å². The minimum atomic E-state index is -2.90. The van der Waals surface area contributed by atoms with Gasteiger partial charge in [0.2, 0.25) is 0 Å². The fourth-order valence-electron chi connectivity index (χ4n) is 1.86. The quantitative estimate of drug-likeness (QED) is 0.512. The summed E-state index contributed by atoms with van der Waals surface area (Å²) in [5.74, 6) is 0.557. The van der Waals surface area contributed by atoms with Gasteiger partial charge in [-0.1, -0.05) is 46.0 Å². The molecule has 0 radical (unpaired) electrons. The van der Waals surface area contributed by atoms with E-state index in [1.54, 1.807) is 6.92 Å². The van der Waals surface area contributed by atoms with Crippen molar-refractivity contribution in [3.05, 3.63) is 0 Å². The van der Waals surface area contributed by atoms with E-state index >= 15 is 0 Å². The molecule has 0 rings (SSSR count). The summed E-state index contributed by atoms with van der Waals surface area (Å²) in [5.41, 5.74) is 0. The monoisotopic (exact) mass is 276 g/mol. The third-order valence-electron chi connectivity index (χ3n) is 3.16. The third-order valence-corrected chi connectivity index (χ3v) is 4.95. The summed E-state index contributed by atoms with van der Waals surface area (Å²) in [6, 6.07) is 0. The third kappa shape index (κ3) is 10.8. The normalized spacial score (nSPS) is 11.7. The molecule has 18 heavy (non-hydrogen) atoms. The summed E-state index contributed by atoms with van der Waals surface area (Å²) in [6.07, 6.45) is 8.62. The Labute approximate surface area is 112 Å². The SMILES string of the molecule is CCCCCCCCC(=O)CCCS(=O)(=O)CC. The smallest absolute Gasteiger partial charge is 0.150 e. The lowest BCUT2D eigenvalue weighted by molar-refractivity contribution is -0.119. The zero-order chi connectivity index (χ0) is 13.9. The molecule has 0 saturated carbocycles. The second-order valence-electron chi connectivity index (χ2n) is 4.90. The van der Waals surface area contributed by atoms with Gasteiger partial charge < -0.3 is 0 Å². The molecule has 0 spiro atoms. The molecule has 4 heteroatoms. The van der Waals surface area contributed by atoms with Crippen molar-refractivity contribution >= 4 is 15.6 Å². The highest BCUT2D eigenvalue weighted by molar-refractivity contribution is 7.91. The van der Waals surface area contributed by atoms with E-state index in [1.165, 1.54) is 25.7 Å².